The highest BCUT2D eigenvalue weighted by atomic mass is 16.4. The molecule has 0 radical (unpaired) electrons. The van der Waals surface area contributed by atoms with Gasteiger partial charge in [-0.3, -0.25) is 9.59 Å². The van der Waals surface area contributed by atoms with Crippen molar-refractivity contribution in [2.75, 3.05) is 0 Å². The van der Waals surface area contributed by atoms with Crippen molar-refractivity contribution in [3.8, 4) is 0 Å². The van der Waals surface area contributed by atoms with Crippen LogP contribution >= 0.6 is 0 Å². The Labute approximate surface area is 83.5 Å². The number of rotatable bonds is 1. The fourth-order valence-electron chi connectivity index (χ4n) is 1.13. The normalized spacial score (nSPS) is 10.0. The standard InChI is InChI=1S/C8H8N2O5/c1-4(11)9-3-6(7(13)14)10(5(2)12)8(9)15/h3H,1-2H3,(H,13,14). The summed E-state index contributed by atoms with van der Waals surface area (Å²) in [4.78, 5) is 44.0. The van der Waals surface area contributed by atoms with Gasteiger partial charge >= 0.3 is 11.7 Å². The maximum absolute atomic E-state index is 11.4. The fourth-order valence-corrected chi connectivity index (χ4v) is 1.13. The molecule has 80 valence electrons. The molecule has 1 N–H and O–H groups in total. The Morgan fingerprint density at radius 1 is 1.20 bits per heavy atom. The van der Waals surface area contributed by atoms with Gasteiger partial charge in [0.1, 0.15) is 0 Å². The van der Waals surface area contributed by atoms with Crippen molar-refractivity contribution in [1.29, 1.82) is 0 Å². The van der Waals surface area contributed by atoms with Crippen molar-refractivity contribution >= 4 is 17.8 Å². The molecule has 7 heteroatoms. The fraction of sp³-hybridized carbons (Fsp3) is 0.250. The molecule has 0 amide bonds. The highest BCUT2D eigenvalue weighted by Crippen LogP contribution is 1.98. The van der Waals surface area contributed by atoms with Gasteiger partial charge in [-0.25, -0.2) is 18.7 Å². The molecular formula is C8H8N2O5. The second-order valence-electron chi connectivity index (χ2n) is 2.85. The molecule has 1 aromatic rings. The van der Waals surface area contributed by atoms with E-state index < -0.39 is 29.2 Å². The number of carbonyl (C=O) groups is 3. The van der Waals surface area contributed by atoms with Crippen LogP contribution < -0.4 is 5.69 Å². The average molecular weight is 212 g/mol. The van der Waals surface area contributed by atoms with E-state index in [9.17, 15) is 19.2 Å². The van der Waals surface area contributed by atoms with E-state index >= 15 is 0 Å². The van der Waals surface area contributed by atoms with Crippen LogP contribution in [-0.2, 0) is 0 Å². The number of nitrogens with zero attached hydrogens (tertiary/aromatic N) is 2. The Morgan fingerprint density at radius 2 is 1.73 bits per heavy atom. The minimum absolute atomic E-state index is 0.434. The first kappa shape index (κ1) is 10.9. The van der Waals surface area contributed by atoms with Crippen LogP contribution in [-0.4, -0.2) is 32.0 Å². The first-order valence-corrected chi connectivity index (χ1v) is 3.96. The lowest BCUT2D eigenvalue weighted by Crippen LogP contribution is -2.31. The number of carboxylic acid groups (broad SMARTS) is 1. The lowest BCUT2D eigenvalue weighted by molar-refractivity contribution is 0.0674. The summed E-state index contributed by atoms with van der Waals surface area (Å²) in [6, 6.07) is 0. The van der Waals surface area contributed by atoms with Crippen molar-refractivity contribution in [3.63, 3.8) is 0 Å². The third kappa shape index (κ3) is 1.71. The highest BCUT2D eigenvalue weighted by molar-refractivity contribution is 5.92. The summed E-state index contributed by atoms with van der Waals surface area (Å²) in [6.45, 7) is 2.13. The number of carboxylic acids is 1. The van der Waals surface area contributed by atoms with E-state index in [0.29, 0.717) is 9.13 Å². The van der Waals surface area contributed by atoms with Gasteiger partial charge in [-0.05, 0) is 0 Å². The van der Waals surface area contributed by atoms with E-state index in [2.05, 4.69) is 0 Å². The Kier molecular flexibility index (Phi) is 2.56. The van der Waals surface area contributed by atoms with Crippen molar-refractivity contribution in [3.05, 3.63) is 22.4 Å². The number of imidazole rings is 1. The Bertz CT molecular complexity index is 508. The molecule has 0 aliphatic rings. The lowest BCUT2D eigenvalue weighted by Gasteiger charge is -1.95. The Hall–Kier alpha value is -2.18. The third-order valence-corrected chi connectivity index (χ3v) is 1.76. The predicted octanol–water partition coefficient (Wildman–Crippen LogP) is -0.332. The van der Waals surface area contributed by atoms with Crippen LogP contribution in [0.1, 0.15) is 33.9 Å². The topological polar surface area (TPSA) is 98.4 Å². The smallest absolute Gasteiger partial charge is 0.354 e. The molecule has 15 heavy (non-hydrogen) atoms. The second-order valence-corrected chi connectivity index (χ2v) is 2.85. The molecule has 0 fully saturated rings. The van der Waals surface area contributed by atoms with Crippen LogP contribution in [0.5, 0.6) is 0 Å². The molecule has 7 nitrogen and oxygen atoms in total. The van der Waals surface area contributed by atoms with Crippen molar-refractivity contribution < 1.29 is 19.5 Å². The zero-order valence-electron chi connectivity index (χ0n) is 8.05. The van der Waals surface area contributed by atoms with Crippen molar-refractivity contribution in [2.45, 2.75) is 13.8 Å². The molecule has 0 bridgehead atoms. The zero-order chi connectivity index (χ0) is 11.7. The van der Waals surface area contributed by atoms with Crippen molar-refractivity contribution in [2.24, 2.45) is 0 Å². The molecule has 1 aromatic heterocycles. The number of aromatic nitrogens is 2. The van der Waals surface area contributed by atoms with E-state index in [1.165, 1.54) is 0 Å². The van der Waals surface area contributed by atoms with Crippen LogP contribution in [0.3, 0.4) is 0 Å². The summed E-state index contributed by atoms with van der Waals surface area (Å²) >= 11 is 0. The molecular weight excluding hydrogens is 204 g/mol. The van der Waals surface area contributed by atoms with Crippen LogP contribution in [0, 0.1) is 0 Å². The first-order valence-electron chi connectivity index (χ1n) is 3.96. The number of hydrogen-bond acceptors (Lipinski definition) is 4. The summed E-state index contributed by atoms with van der Waals surface area (Å²) in [5, 5.41) is 8.70. The summed E-state index contributed by atoms with van der Waals surface area (Å²) in [6.07, 6.45) is 0.828. The van der Waals surface area contributed by atoms with E-state index in [-0.39, 0.29) is 0 Å². The molecule has 0 saturated heterocycles. The van der Waals surface area contributed by atoms with Gasteiger partial charge in [-0.15, -0.1) is 0 Å². The molecule has 1 rings (SSSR count). The molecule has 0 aliphatic carbocycles. The minimum Gasteiger partial charge on any atom is -0.477 e. The molecule has 0 aromatic carbocycles. The summed E-state index contributed by atoms with van der Waals surface area (Å²) in [5.74, 6) is -2.85. The SMILES string of the molecule is CC(=O)n1cc(C(=O)O)n(C(C)=O)c1=O. The van der Waals surface area contributed by atoms with E-state index in [0.717, 1.165) is 20.0 Å². The number of carbonyl (C=O) groups excluding carboxylic acids is 2. The van der Waals surface area contributed by atoms with Crippen LogP contribution in [0.2, 0.25) is 0 Å². The van der Waals surface area contributed by atoms with Gasteiger partial charge in [-0.2, -0.15) is 0 Å². The van der Waals surface area contributed by atoms with Gasteiger partial charge < -0.3 is 5.11 Å². The zero-order valence-corrected chi connectivity index (χ0v) is 8.05. The summed E-state index contributed by atoms with van der Waals surface area (Å²) < 4.78 is 1.01. The maximum atomic E-state index is 11.4. The van der Waals surface area contributed by atoms with Crippen LogP contribution in [0.25, 0.3) is 0 Å². The summed E-state index contributed by atoms with van der Waals surface area (Å²) in [7, 11) is 0. The molecule has 0 unspecified atom stereocenters. The van der Waals surface area contributed by atoms with Gasteiger partial charge in [0.15, 0.2) is 5.69 Å². The molecule has 0 atom stereocenters. The summed E-state index contributed by atoms with van der Waals surface area (Å²) in [5.41, 5.74) is -1.49. The average Bonchev–Trinajstić information content (AvgIpc) is 2.42. The lowest BCUT2D eigenvalue weighted by atomic mass is 10.4. The van der Waals surface area contributed by atoms with Gasteiger partial charge in [0.2, 0.25) is 11.8 Å². The monoisotopic (exact) mass is 212 g/mol. The molecule has 0 aliphatic heterocycles. The van der Waals surface area contributed by atoms with Gasteiger partial charge in [-0.1, -0.05) is 0 Å². The highest BCUT2D eigenvalue weighted by Gasteiger charge is 2.20. The molecule has 0 spiro atoms. The van der Waals surface area contributed by atoms with E-state index in [1.807, 2.05) is 0 Å². The Morgan fingerprint density at radius 3 is 2.00 bits per heavy atom. The maximum Gasteiger partial charge on any atom is 0.354 e. The van der Waals surface area contributed by atoms with E-state index in [4.69, 9.17) is 5.11 Å². The number of aromatic carboxylic acids is 1. The van der Waals surface area contributed by atoms with Gasteiger partial charge in [0.05, 0.1) is 0 Å². The van der Waals surface area contributed by atoms with E-state index in [1.54, 1.807) is 0 Å². The van der Waals surface area contributed by atoms with Crippen LogP contribution in [0.15, 0.2) is 11.0 Å². The predicted molar refractivity (Wildman–Crippen MR) is 48.3 cm³/mol. The Balaban J connectivity index is 3.61. The first-order chi connectivity index (χ1) is 6.86. The number of hydrogen-bond donors (Lipinski definition) is 1. The minimum atomic E-state index is -1.44. The van der Waals surface area contributed by atoms with Gasteiger partial charge in [0.25, 0.3) is 0 Å². The molecule has 1 heterocycles. The quantitative estimate of drug-likeness (QED) is 0.687. The van der Waals surface area contributed by atoms with Gasteiger partial charge in [0, 0.05) is 20.0 Å². The molecule has 0 saturated carbocycles. The largest absolute Gasteiger partial charge is 0.477 e. The third-order valence-electron chi connectivity index (χ3n) is 1.76. The van der Waals surface area contributed by atoms with Crippen LogP contribution in [0.4, 0.5) is 0 Å². The second kappa shape index (κ2) is 3.52. The van der Waals surface area contributed by atoms with Crippen molar-refractivity contribution in [1.82, 2.24) is 9.13 Å².